The topological polar surface area (TPSA) is 69.2 Å². The number of fused-ring (bicyclic) bond motifs is 1. The second-order valence-corrected chi connectivity index (χ2v) is 8.33. The van der Waals surface area contributed by atoms with Crippen LogP contribution in [0.25, 0.3) is 0 Å². The maximum Gasteiger partial charge on any atom is 0.412 e. The molecule has 1 N–H and O–H groups in total. The van der Waals surface area contributed by atoms with E-state index in [0.717, 1.165) is 39.2 Å². The van der Waals surface area contributed by atoms with Gasteiger partial charge in [0.05, 0.1) is 17.2 Å². The van der Waals surface area contributed by atoms with Gasteiger partial charge in [-0.25, -0.2) is 4.79 Å². The van der Waals surface area contributed by atoms with E-state index in [1.807, 2.05) is 56.3 Å². The number of carbonyl (C=O) groups is 1. The molecule has 0 saturated heterocycles. The molecule has 2 aromatic rings. The second kappa shape index (κ2) is 9.34. The summed E-state index contributed by atoms with van der Waals surface area (Å²) in [4.78, 5) is 12.5. The number of anilines is 1. The number of benzene rings is 2. The van der Waals surface area contributed by atoms with Gasteiger partial charge in [-0.1, -0.05) is 21.1 Å². The lowest BCUT2D eigenvalue weighted by Crippen LogP contribution is -2.34. The normalized spacial score (nSPS) is 14.9. The highest BCUT2D eigenvalue weighted by Gasteiger charge is 2.33. The standard InChI is InChI=1S/C20H21BrN2O4S/c1-20(2)17-13-15(7-10-18(17)23-19(24)26-20)25-12-4-3-11-22-27-28-16-8-5-14(21)6-9-16/h5-11,13H,3-4,12H2,1-2H3,(H,23,24). The van der Waals surface area contributed by atoms with Gasteiger partial charge in [0, 0.05) is 16.3 Å². The van der Waals surface area contributed by atoms with Gasteiger partial charge in [0.15, 0.2) is 0 Å². The minimum Gasteiger partial charge on any atom is -0.494 e. The molecule has 8 heteroatoms. The molecule has 6 nitrogen and oxygen atoms in total. The number of halogens is 1. The van der Waals surface area contributed by atoms with Crippen LogP contribution in [0.1, 0.15) is 32.3 Å². The lowest BCUT2D eigenvalue weighted by atomic mass is 9.94. The van der Waals surface area contributed by atoms with Crippen molar-refractivity contribution in [1.82, 2.24) is 0 Å². The van der Waals surface area contributed by atoms with Crippen molar-refractivity contribution in [2.75, 3.05) is 11.9 Å². The first-order valence-electron chi connectivity index (χ1n) is 8.82. The largest absolute Gasteiger partial charge is 0.494 e. The summed E-state index contributed by atoms with van der Waals surface area (Å²) in [6, 6.07) is 13.4. The molecule has 0 aromatic heterocycles. The fourth-order valence-corrected chi connectivity index (χ4v) is 3.35. The fraction of sp³-hybridized carbons (Fsp3) is 0.300. The van der Waals surface area contributed by atoms with Crippen molar-refractivity contribution in [2.45, 2.75) is 37.2 Å². The zero-order valence-corrected chi connectivity index (χ0v) is 18.0. The highest BCUT2D eigenvalue weighted by atomic mass is 79.9. The first kappa shape index (κ1) is 20.5. The van der Waals surface area contributed by atoms with Crippen LogP contribution in [-0.2, 0) is 14.6 Å². The van der Waals surface area contributed by atoms with Gasteiger partial charge in [-0.3, -0.25) is 5.32 Å². The third-order valence-corrected chi connectivity index (χ3v) is 5.19. The van der Waals surface area contributed by atoms with Crippen molar-refractivity contribution in [1.29, 1.82) is 0 Å². The van der Waals surface area contributed by atoms with E-state index >= 15 is 0 Å². The molecule has 0 fully saturated rings. The van der Waals surface area contributed by atoms with Crippen LogP contribution in [0.3, 0.4) is 0 Å². The van der Waals surface area contributed by atoms with Crippen molar-refractivity contribution >= 4 is 46.0 Å². The summed E-state index contributed by atoms with van der Waals surface area (Å²) in [5, 5.41) is 6.63. The van der Waals surface area contributed by atoms with Gasteiger partial charge in [0.1, 0.15) is 23.4 Å². The van der Waals surface area contributed by atoms with Gasteiger partial charge in [0.25, 0.3) is 0 Å². The monoisotopic (exact) mass is 464 g/mol. The Bertz CT molecular complexity index is 856. The van der Waals surface area contributed by atoms with Crippen LogP contribution in [0, 0.1) is 0 Å². The Hall–Kier alpha value is -2.19. The Morgan fingerprint density at radius 3 is 2.82 bits per heavy atom. The molecule has 3 rings (SSSR count). The van der Waals surface area contributed by atoms with Crippen LogP contribution in [0.15, 0.2) is 57.0 Å². The molecule has 0 atom stereocenters. The summed E-state index contributed by atoms with van der Waals surface area (Å²) in [7, 11) is 0. The first-order valence-corrected chi connectivity index (χ1v) is 10.4. The van der Waals surface area contributed by atoms with Gasteiger partial charge in [-0.05, 0) is 69.2 Å². The van der Waals surface area contributed by atoms with Crippen molar-refractivity contribution in [3.05, 3.63) is 52.5 Å². The zero-order valence-electron chi connectivity index (χ0n) is 15.6. The van der Waals surface area contributed by atoms with E-state index in [0.29, 0.717) is 6.61 Å². The molecule has 1 aliphatic heterocycles. The van der Waals surface area contributed by atoms with Crippen molar-refractivity contribution < 1.29 is 18.6 Å². The van der Waals surface area contributed by atoms with Crippen molar-refractivity contribution in [2.24, 2.45) is 5.16 Å². The minimum absolute atomic E-state index is 0.439. The number of carbonyl (C=O) groups excluding carboxylic acids is 1. The average molecular weight is 465 g/mol. The molecule has 0 spiro atoms. The van der Waals surface area contributed by atoms with Crippen LogP contribution in [0.4, 0.5) is 10.5 Å². The highest BCUT2D eigenvalue weighted by Crippen LogP contribution is 2.37. The Kier molecular flexibility index (Phi) is 6.85. The maximum atomic E-state index is 11.5. The predicted molar refractivity (Wildman–Crippen MR) is 114 cm³/mol. The molecule has 0 bridgehead atoms. The number of oxime groups is 1. The molecule has 0 unspecified atom stereocenters. The van der Waals surface area contributed by atoms with Gasteiger partial charge < -0.3 is 13.8 Å². The Labute approximate surface area is 177 Å². The Morgan fingerprint density at radius 2 is 2.04 bits per heavy atom. The molecular formula is C20H21BrN2O4S. The van der Waals surface area contributed by atoms with Gasteiger partial charge >= 0.3 is 6.09 Å². The molecule has 0 radical (unpaired) electrons. The first-order chi connectivity index (χ1) is 13.4. The summed E-state index contributed by atoms with van der Waals surface area (Å²) < 4.78 is 17.4. The number of nitrogens with one attached hydrogen (secondary N) is 1. The quantitative estimate of drug-likeness (QED) is 0.220. The number of ether oxygens (including phenoxy) is 2. The summed E-state index contributed by atoms with van der Waals surface area (Å²) in [6.45, 7) is 4.27. The number of rotatable bonds is 8. The number of amides is 1. The second-order valence-electron chi connectivity index (χ2n) is 6.62. The van der Waals surface area contributed by atoms with Crippen LogP contribution < -0.4 is 10.1 Å². The molecule has 28 heavy (non-hydrogen) atoms. The summed E-state index contributed by atoms with van der Waals surface area (Å²) >= 11 is 4.60. The SMILES string of the molecule is CC1(C)OC(=O)Nc2ccc(OCCCC=NOSc3ccc(Br)cc3)cc21. The van der Waals surface area contributed by atoms with Gasteiger partial charge in [-0.2, -0.15) is 0 Å². The lowest BCUT2D eigenvalue weighted by molar-refractivity contribution is 0.0418. The lowest BCUT2D eigenvalue weighted by Gasteiger charge is -2.32. The molecule has 1 aliphatic rings. The minimum atomic E-state index is -0.687. The van der Waals surface area contributed by atoms with Crippen molar-refractivity contribution in [3.63, 3.8) is 0 Å². The van der Waals surface area contributed by atoms with Crippen LogP contribution in [0.5, 0.6) is 5.75 Å². The zero-order chi connectivity index (χ0) is 20.0. The third kappa shape index (κ3) is 5.65. The summed E-state index contributed by atoms with van der Waals surface area (Å²) in [5.74, 6) is 0.741. The van der Waals surface area contributed by atoms with E-state index in [4.69, 9.17) is 13.8 Å². The molecular weight excluding hydrogens is 444 g/mol. The summed E-state index contributed by atoms with van der Waals surface area (Å²) in [5.41, 5.74) is 0.957. The average Bonchev–Trinajstić information content (AvgIpc) is 2.65. The molecule has 148 valence electrons. The van der Waals surface area contributed by atoms with Gasteiger partial charge in [0.2, 0.25) is 0 Å². The number of unbranched alkanes of at least 4 members (excludes halogenated alkanes) is 1. The van der Waals surface area contributed by atoms with Crippen LogP contribution in [-0.4, -0.2) is 18.9 Å². The number of hydrogen-bond donors (Lipinski definition) is 1. The highest BCUT2D eigenvalue weighted by molar-refractivity contribution is 9.10. The number of nitrogens with zero attached hydrogens (tertiary/aromatic N) is 1. The maximum absolute atomic E-state index is 11.5. The number of hydrogen-bond acceptors (Lipinski definition) is 6. The molecule has 0 saturated carbocycles. The molecule has 0 aliphatic carbocycles. The van der Waals surface area contributed by atoms with E-state index in [1.54, 1.807) is 6.21 Å². The Morgan fingerprint density at radius 1 is 1.25 bits per heavy atom. The fourth-order valence-electron chi connectivity index (χ4n) is 2.64. The number of cyclic esters (lactones) is 1. The van der Waals surface area contributed by atoms with Crippen molar-refractivity contribution in [3.8, 4) is 5.75 Å². The van der Waals surface area contributed by atoms with Crippen LogP contribution in [0.2, 0.25) is 0 Å². The van der Waals surface area contributed by atoms with E-state index in [1.165, 1.54) is 12.0 Å². The van der Waals surface area contributed by atoms with Gasteiger partial charge in [-0.15, -0.1) is 0 Å². The molecule has 1 heterocycles. The molecule has 2 aromatic carbocycles. The van der Waals surface area contributed by atoms with E-state index in [-0.39, 0.29) is 0 Å². The van der Waals surface area contributed by atoms with Crippen LogP contribution >= 0.6 is 28.0 Å². The smallest absolute Gasteiger partial charge is 0.412 e. The van der Waals surface area contributed by atoms with E-state index in [9.17, 15) is 4.79 Å². The third-order valence-electron chi connectivity index (χ3n) is 4.04. The Balaban J connectivity index is 1.38. The van der Waals surface area contributed by atoms with E-state index in [2.05, 4.69) is 26.4 Å². The predicted octanol–water partition coefficient (Wildman–Crippen LogP) is 6.12. The summed E-state index contributed by atoms with van der Waals surface area (Å²) in [6.07, 6.45) is 2.85. The van der Waals surface area contributed by atoms with E-state index < -0.39 is 11.7 Å². The molecule has 1 amide bonds.